The van der Waals surface area contributed by atoms with Crippen molar-refractivity contribution >= 4 is 11.0 Å². The molecule has 2 aromatic heterocycles. The van der Waals surface area contributed by atoms with Crippen molar-refractivity contribution in [3.63, 3.8) is 0 Å². The van der Waals surface area contributed by atoms with Crippen LogP contribution in [0.2, 0.25) is 0 Å². The van der Waals surface area contributed by atoms with Crippen molar-refractivity contribution in [1.82, 2.24) is 30.2 Å². The van der Waals surface area contributed by atoms with Gasteiger partial charge in [-0.3, -0.25) is 10.3 Å². The molecule has 4 heterocycles. The Bertz CT molecular complexity index is 893. The van der Waals surface area contributed by atoms with Gasteiger partial charge >= 0.3 is 0 Å². The van der Waals surface area contributed by atoms with Crippen LogP contribution in [0, 0.1) is 5.92 Å². The van der Waals surface area contributed by atoms with Crippen molar-refractivity contribution in [1.29, 1.82) is 0 Å². The van der Waals surface area contributed by atoms with Gasteiger partial charge in [0.05, 0.1) is 12.6 Å². The van der Waals surface area contributed by atoms with E-state index in [2.05, 4.69) is 55.4 Å². The maximum atomic E-state index is 6.12. The fourth-order valence-electron chi connectivity index (χ4n) is 4.38. The standard InChI is InChI=1S/C21H28N6O/c1-25-7-6-22-20(25)15-27-10-8-26(9-11-27)14-17-13-23-24-21(17)19-12-16-4-2-3-5-18(16)28-19/h2-7,12,17,21,23-24H,8-11,13-15H2,1H3. The first-order valence-electron chi connectivity index (χ1n) is 10.1. The first kappa shape index (κ1) is 17.9. The molecule has 2 atom stereocenters. The van der Waals surface area contributed by atoms with Gasteiger partial charge in [0.1, 0.15) is 17.2 Å². The topological polar surface area (TPSA) is 61.5 Å². The molecule has 0 spiro atoms. The number of aryl methyl sites for hydroxylation is 1. The molecular formula is C21H28N6O. The Morgan fingerprint density at radius 2 is 1.96 bits per heavy atom. The van der Waals surface area contributed by atoms with E-state index >= 15 is 0 Å². The Morgan fingerprint density at radius 1 is 1.14 bits per heavy atom. The third-order valence-corrected chi connectivity index (χ3v) is 6.09. The van der Waals surface area contributed by atoms with Crippen LogP contribution in [-0.4, -0.2) is 58.6 Å². The molecule has 28 heavy (non-hydrogen) atoms. The van der Waals surface area contributed by atoms with Crippen molar-refractivity contribution in [3.8, 4) is 0 Å². The lowest BCUT2D eigenvalue weighted by atomic mass is 9.98. The molecule has 3 aromatic rings. The summed E-state index contributed by atoms with van der Waals surface area (Å²) < 4.78 is 8.23. The van der Waals surface area contributed by atoms with E-state index in [1.165, 1.54) is 5.39 Å². The van der Waals surface area contributed by atoms with Gasteiger partial charge < -0.3 is 13.9 Å². The van der Waals surface area contributed by atoms with Crippen molar-refractivity contribution < 1.29 is 4.42 Å². The number of furan rings is 1. The number of hydrazine groups is 1. The van der Waals surface area contributed by atoms with Crippen LogP contribution >= 0.6 is 0 Å². The summed E-state index contributed by atoms with van der Waals surface area (Å²) in [5, 5.41) is 1.17. The minimum absolute atomic E-state index is 0.220. The zero-order chi connectivity index (χ0) is 18.9. The van der Waals surface area contributed by atoms with Gasteiger partial charge in [0, 0.05) is 70.0 Å². The maximum Gasteiger partial charge on any atom is 0.134 e. The molecule has 2 aliphatic heterocycles. The van der Waals surface area contributed by atoms with E-state index < -0.39 is 0 Å². The van der Waals surface area contributed by atoms with Gasteiger partial charge in [-0.05, 0) is 12.1 Å². The molecule has 5 rings (SSSR count). The molecule has 0 amide bonds. The normalized spacial score (nSPS) is 24.3. The minimum atomic E-state index is 0.220. The van der Waals surface area contributed by atoms with Crippen LogP contribution in [0.5, 0.6) is 0 Å². The molecule has 0 radical (unpaired) electrons. The van der Waals surface area contributed by atoms with Crippen LogP contribution in [0.4, 0.5) is 0 Å². The fraction of sp³-hybridized carbons (Fsp3) is 0.476. The van der Waals surface area contributed by atoms with Crippen LogP contribution in [-0.2, 0) is 13.6 Å². The van der Waals surface area contributed by atoms with E-state index in [4.69, 9.17) is 4.42 Å². The number of benzene rings is 1. The number of fused-ring (bicyclic) bond motifs is 1. The van der Waals surface area contributed by atoms with E-state index in [1.807, 2.05) is 24.5 Å². The van der Waals surface area contributed by atoms with Gasteiger partial charge in [-0.15, -0.1) is 0 Å². The highest BCUT2D eigenvalue weighted by atomic mass is 16.3. The van der Waals surface area contributed by atoms with Gasteiger partial charge in [-0.1, -0.05) is 18.2 Å². The SMILES string of the molecule is Cn1ccnc1CN1CCN(CC2CNNC2c2cc3ccccc3o2)CC1. The summed E-state index contributed by atoms with van der Waals surface area (Å²) in [4.78, 5) is 9.54. The van der Waals surface area contributed by atoms with Crippen molar-refractivity contribution in [3.05, 3.63) is 54.3 Å². The number of imidazole rings is 1. The van der Waals surface area contributed by atoms with E-state index in [-0.39, 0.29) is 6.04 Å². The molecule has 148 valence electrons. The molecule has 0 bridgehead atoms. The number of para-hydroxylation sites is 1. The molecule has 2 aliphatic rings. The van der Waals surface area contributed by atoms with Gasteiger partial charge in [0.2, 0.25) is 0 Å². The van der Waals surface area contributed by atoms with Gasteiger partial charge in [-0.2, -0.15) is 0 Å². The third kappa shape index (κ3) is 3.58. The molecule has 0 aliphatic carbocycles. The van der Waals surface area contributed by atoms with Crippen LogP contribution < -0.4 is 10.9 Å². The smallest absolute Gasteiger partial charge is 0.134 e. The summed E-state index contributed by atoms with van der Waals surface area (Å²) in [5.74, 6) is 2.67. The highest BCUT2D eigenvalue weighted by Gasteiger charge is 2.33. The molecule has 1 aromatic carbocycles. The number of hydrogen-bond acceptors (Lipinski definition) is 6. The van der Waals surface area contributed by atoms with Crippen molar-refractivity contribution in [2.45, 2.75) is 12.6 Å². The zero-order valence-corrected chi connectivity index (χ0v) is 16.3. The zero-order valence-electron chi connectivity index (χ0n) is 16.3. The summed E-state index contributed by atoms with van der Waals surface area (Å²) in [7, 11) is 2.07. The molecule has 2 saturated heterocycles. The van der Waals surface area contributed by atoms with Crippen LogP contribution in [0.15, 0.2) is 47.1 Å². The summed E-state index contributed by atoms with van der Waals surface area (Å²) in [6, 6.07) is 10.6. The van der Waals surface area contributed by atoms with Crippen LogP contribution in [0.25, 0.3) is 11.0 Å². The Hall–Kier alpha value is -2.19. The lowest BCUT2D eigenvalue weighted by Crippen LogP contribution is -2.48. The summed E-state index contributed by atoms with van der Waals surface area (Å²) in [5.41, 5.74) is 7.73. The highest BCUT2D eigenvalue weighted by Crippen LogP contribution is 2.30. The number of nitrogens with zero attached hydrogens (tertiary/aromatic N) is 4. The Morgan fingerprint density at radius 3 is 2.75 bits per heavy atom. The van der Waals surface area contributed by atoms with Crippen molar-refractivity contribution in [2.75, 3.05) is 39.3 Å². The molecule has 0 saturated carbocycles. The van der Waals surface area contributed by atoms with Crippen LogP contribution in [0.3, 0.4) is 0 Å². The van der Waals surface area contributed by atoms with E-state index in [9.17, 15) is 0 Å². The van der Waals surface area contributed by atoms with E-state index in [0.717, 1.165) is 63.0 Å². The first-order chi connectivity index (χ1) is 13.8. The molecule has 2 N–H and O–H groups in total. The predicted molar refractivity (Wildman–Crippen MR) is 109 cm³/mol. The highest BCUT2D eigenvalue weighted by molar-refractivity contribution is 5.77. The average Bonchev–Trinajstić information content (AvgIpc) is 3.43. The molecule has 7 nitrogen and oxygen atoms in total. The van der Waals surface area contributed by atoms with Crippen LogP contribution in [0.1, 0.15) is 17.6 Å². The largest absolute Gasteiger partial charge is 0.459 e. The molecule has 2 unspecified atom stereocenters. The second kappa shape index (κ2) is 7.67. The second-order valence-corrected chi connectivity index (χ2v) is 7.98. The van der Waals surface area contributed by atoms with E-state index in [0.29, 0.717) is 5.92 Å². The lowest BCUT2D eigenvalue weighted by Gasteiger charge is -2.36. The molecule has 2 fully saturated rings. The van der Waals surface area contributed by atoms with E-state index in [1.54, 1.807) is 0 Å². The number of hydrogen-bond donors (Lipinski definition) is 2. The monoisotopic (exact) mass is 380 g/mol. The summed E-state index contributed by atoms with van der Waals surface area (Å²) in [6.45, 7) is 7.38. The van der Waals surface area contributed by atoms with Crippen molar-refractivity contribution in [2.24, 2.45) is 13.0 Å². The summed E-state index contributed by atoms with van der Waals surface area (Å²) >= 11 is 0. The third-order valence-electron chi connectivity index (χ3n) is 6.09. The maximum absolute atomic E-state index is 6.12. The van der Waals surface area contributed by atoms with Gasteiger partial charge in [-0.25, -0.2) is 10.4 Å². The minimum Gasteiger partial charge on any atom is -0.459 e. The Labute approximate surface area is 165 Å². The molecular weight excluding hydrogens is 352 g/mol. The fourth-order valence-corrected chi connectivity index (χ4v) is 4.38. The number of rotatable bonds is 5. The van der Waals surface area contributed by atoms with Gasteiger partial charge in [0.25, 0.3) is 0 Å². The number of aromatic nitrogens is 2. The average molecular weight is 380 g/mol. The van der Waals surface area contributed by atoms with Gasteiger partial charge in [0.15, 0.2) is 0 Å². The summed E-state index contributed by atoms with van der Waals surface area (Å²) in [6.07, 6.45) is 3.90. The predicted octanol–water partition coefficient (Wildman–Crippen LogP) is 1.75. The number of nitrogens with one attached hydrogen (secondary N) is 2. The quantitative estimate of drug-likeness (QED) is 0.703. The Kier molecular flexibility index (Phi) is 4.90. The lowest BCUT2D eigenvalue weighted by molar-refractivity contribution is 0.108. The second-order valence-electron chi connectivity index (χ2n) is 7.98. The first-order valence-corrected chi connectivity index (χ1v) is 10.1. The molecule has 7 heteroatoms. The number of piperazine rings is 1. The Balaban J connectivity index is 1.18.